The lowest BCUT2D eigenvalue weighted by molar-refractivity contribution is 0.0915. The van der Waals surface area contributed by atoms with Crippen LogP contribution in [0.1, 0.15) is 71.2 Å². The van der Waals surface area contributed by atoms with E-state index in [1.54, 1.807) is 31.2 Å². The Hall–Kier alpha value is -3.73. The van der Waals surface area contributed by atoms with Gasteiger partial charge in [-0.1, -0.05) is 48.4 Å². The zero-order chi connectivity index (χ0) is 29.9. The van der Waals surface area contributed by atoms with E-state index in [9.17, 15) is 14.4 Å². The molecule has 42 heavy (non-hydrogen) atoms. The Morgan fingerprint density at radius 3 is 2.43 bits per heavy atom. The molecule has 3 heterocycles. The topological polar surface area (TPSA) is 106 Å². The maximum atomic E-state index is 13.4. The number of halogens is 1. The van der Waals surface area contributed by atoms with Gasteiger partial charge in [0, 0.05) is 17.1 Å². The fourth-order valence-corrected chi connectivity index (χ4v) is 6.49. The molecule has 11 heteroatoms. The highest BCUT2D eigenvalue weighted by atomic mass is 35.5. The maximum Gasteiger partial charge on any atom is 0.436 e. The van der Waals surface area contributed by atoms with Gasteiger partial charge in [-0.15, -0.1) is 16.4 Å². The van der Waals surface area contributed by atoms with Gasteiger partial charge in [-0.25, -0.2) is 4.79 Å². The lowest BCUT2D eigenvalue weighted by atomic mass is 9.94. The number of carbonyl (C=O) groups is 3. The van der Waals surface area contributed by atoms with Crippen molar-refractivity contribution in [2.45, 2.75) is 52.1 Å². The number of nitrogens with zero attached hydrogens (tertiary/aromatic N) is 3. The van der Waals surface area contributed by atoms with Crippen molar-refractivity contribution in [3.63, 3.8) is 0 Å². The third-order valence-corrected chi connectivity index (χ3v) is 8.74. The summed E-state index contributed by atoms with van der Waals surface area (Å²) in [5, 5.41) is 11.2. The third-order valence-electron chi connectivity index (χ3n) is 7.30. The minimum Gasteiger partial charge on any atom is -0.448 e. The molecule has 2 aromatic heterocycles. The van der Waals surface area contributed by atoms with Crippen LogP contribution in [-0.2, 0) is 16.8 Å². The molecule has 0 saturated carbocycles. The number of thiophene rings is 1. The molecule has 1 aliphatic heterocycles. The predicted molar refractivity (Wildman–Crippen MR) is 165 cm³/mol. The van der Waals surface area contributed by atoms with Crippen LogP contribution >= 0.6 is 22.9 Å². The van der Waals surface area contributed by atoms with Gasteiger partial charge in [-0.3, -0.25) is 14.5 Å². The van der Waals surface area contributed by atoms with Crippen LogP contribution in [0.15, 0.2) is 54.6 Å². The first-order valence-corrected chi connectivity index (χ1v) is 15.3. The Morgan fingerprint density at radius 2 is 1.74 bits per heavy atom. The second-order valence-electron chi connectivity index (χ2n) is 10.8. The first-order chi connectivity index (χ1) is 20.2. The number of piperidine rings is 1. The first-order valence-electron chi connectivity index (χ1n) is 14.1. The number of anilines is 1. The van der Waals surface area contributed by atoms with Crippen LogP contribution < -0.4 is 10.6 Å². The molecule has 1 fully saturated rings. The van der Waals surface area contributed by atoms with Crippen molar-refractivity contribution in [3.8, 4) is 0 Å². The van der Waals surface area contributed by atoms with Gasteiger partial charge in [-0.05, 0) is 82.1 Å². The number of hydrogen-bond acceptors (Lipinski definition) is 7. The second-order valence-corrected chi connectivity index (χ2v) is 12.3. The Labute approximate surface area is 253 Å². The van der Waals surface area contributed by atoms with Crippen molar-refractivity contribution < 1.29 is 19.1 Å². The highest BCUT2D eigenvalue weighted by Crippen LogP contribution is 2.34. The van der Waals surface area contributed by atoms with Gasteiger partial charge < -0.3 is 15.4 Å². The van der Waals surface area contributed by atoms with E-state index < -0.39 is 11.6 Å². The minimum atomic E-state index is -0.768. The minimum absolute atomic E-state index is 0.149. The van der Waals surface area contributed by atoms with E-state index in [-0.39, 0.29) is 24.2 Å². The van der Waals surface area contributed by atoms with Crippen molar-refractivity contribution in [2.75, 3.05) is 25.0 Å². The molecule has 1 aliphatic rings. The number of benzene rings is 2. The molecular weight excluding hydrogens is 574 g/mol. The van der Waals surface area contributed by atoms with Gasteiger partial charge >= 0.3 is 6.09 Å². The molecule has 0 aliphatic carbocycles. The van der Waals surface area contributed by atoms with Crippen molar-refractivity contribution >= 4 is 56.9 Å². The van der Waals surface area contributed by atoms with Crippen molar-refractivity contribution in [1.82, 2.24) is 20.0 Å². The monoisotopic (exact) mass is 607 g/mol. The van der Waals surface area contributed by atoms with E-state index in [0.717, 1.165) is 46.8 Å². The van der Waals surface area contributed by atoms with Crippen LogP contribution in [0.4, 0.5) is 10.6 Å². The number of rotatable bonds is 8. The van der Waals surface area contributed by atoms with Crippen LogP contribution in [0.2, 0.25) is 5.02 Å². The Kier molecular flexibility index (Phi) is 8.96. The highest BCUT2D eigenvalue weighted by Gasteiger charge is 2.28. The average Bonchev–Trinajstić information content (AvgIpc) is 3.55. The largest absolute Gasteiger partial charge is 0.448 e. The van der Waals surface area contributed by atoms with Crippen LogP contribution in [-0.4, -0.2) is 52.3 Å². The molecule has 9 nitrogen and oxygen atoms in total. The predicted octanol–water partition coefficient (Wildman–Crippen LogP) is 6.66. The summed E-state index contributed by atoms with van der Waals surface area (Å²) < 4.78 is 6.25. The van der Waals surface area contributed by atoms with Gasteiger partial charge in [0.15, 0.2) is 5.82 Å². The molecule has 2 amide bonds. The maximum absolute atomic E-state index is 13.4. The quantitative estimate of drug-likeness (QED) is 0.232. The van der Waals surface area contributed by atoms with E-state index >= 15 is 0 Å². The number of fused-ring (bicyclic) bond motifs is 1. The van der Waals surface area contributed by atoms with Crippen LogP contribution in [0.25, 0.3) is 10.2 Å². The zero-order valence-electron chi connectivity index (χ0n) is 23.9. The summed E-state index contributed by atoms with van der Waals surface area (Å²) in [6.07, 6.45) is 3.03. The molecule has 0 bridgehead atoms. The Morgan fingerprint density at radius 1 is 1.02 bits per heavy atom. The standard InChI is InChI=1S/C31H34ClN5O4S/c1-4-41-30(40)37-29-22(18-25(42-29)28(39)34-31(2,3)23-10-6-7-11-24(23)32)26(35-37)33-27(38)21-14-12-20(13-15-21)19-36-16-8-5-9-17-36/h6-7,10-15,18H,4-5,8-9,16-17,19H2,1-3H3,(H,34,39)(H,33,35,38). The SMILES string of the molecule is CCOC(=O)n1nc(NC(=O)c2ccc(CN3CCCCC3)cc2)c2cc(C(=O)NC(C)(C)c3ccccc3Cl)sc21. The summed E-state index contributed by atoms with van der Waals surface area (Å²) in [6, 6.07) is 16.5. The highest BCUT2D eigenvalue weighted by molar-refractivity contribution is 7.20. The Bertz CT molecular complexity index is 1610. The van der Waals surface area contributed by atoms with Crippen molar-refractivity contribution in [3.05, 3.63) is 81.2 Å². The molecule has 0 atom stereocenters. The normalized spacial score (nSPS) is 14.1. The zero-order valence-corrected chi connectivity index (χ0v) is 25.5. The van der Waals surface area contributed by atoms with Gasteiger partial charge in [0.1, 0.15) is 4.83 Å². The number of hydrogen-bond donors (Lipinski definition) is 2. The number of amides is 2. The lowest BCUT2D eigenvalue weighted by Gasteiger charge is -2.27. The molecule has 0 unspecified atom stereocenters. The fourth-order valence-electron chi connectivity index (χ4n) is 5.12. The van der Waals surface area contributed by atoms with Crippen molar-refractivity contribution in [1.29, 1.82) is 0 Å². The lowest BCUT2D eigenvalue weighted by Crippen LogP contribution is -2.40. The molecule has 4 aromatic rings. The molecule has 2 N–H and O–H groups in total. The first kappa shape index (κ1) is 29.8. The Balaban J connectivity index is 1.38. The van der Waals surface area contributed by atoms with E-state index in [1.807, 2.05) is 44.2 Å². The number of ether oxygens (including phenoxy) is 1. The van der Waals surface area contributed by atoms with Gasteiger partial charge in [-0.2, -0.15) is 4.68 Å². The molecule has 5 rings (SSSR count). The molecule has 0 spiro atoms. The van der Waals surface area contributed by atoms with E-state index in [0.29, 0.717) is 25.7 Å². The molecule has 220 valence electrons. The molecule has 2 aromatic carbocycles. The van der Waals surface area contributed by atoms with Gasteiger partial charge in [0.2, 0.25) is 0 Å². The summed E-state index contributed by atoms with van der Waals surface area (Å²) in [5.74, 6) is -0.550. The summed E-state index contributed by atoms with van der Waals surface area (Å²) >= 11 is 7.48. The average molecular weight is 608 g/mol. The number of likely N-dealkylation sites (tertiary alicyclic amines) is 1. The van der Waals surface area contributed by atoms with Crippen LogP contribution in [0, 0.1) is 0 Å². The van der Waals surface area contributed by atoms with Crippen molar-refractivity contribution in [2.24, 2.45) is 0 Å². The number of aromatic nitrogens is 2. The summed E-state index contributed by atoms with van der Waals surface area (Å²) in [4.78, 5) is 42.4. The van der Waals surface area contributed by atoms with Gasteiger partial charge in [0.05, 0.1) is 22.4 Å². The summed E-state index contributed by atoms with van der Waals surface area (Å²) in [6.45, 7) is 8.63. The molecule has 1 saturated heterocycles. The molecular formula is C31H34ClN5O4S. The number of carbonyl (C=O) groups excluding carboxylic acids is 3. The number of nitrogens with one attached hydrogen (secondary N) is 2. The third kappa shape index (κ3) is 6.51. The summed E-state index contributed by atoms with van der Waals surface area (Å²) in [5.41, 5.74) is 1.62. The second kappa shape index (κ2) is 12.6. The van der Waals surface area contributed by atoms with E-state index in [2.05, 4.69) is 20.6 Å². The fraction of sp³-hybridized carbons (Fsp3) is 0.355. The van der Waals surface area contributed by atoms with E-state index in [4.69, 9.17) is 16.3 Å². The van der Waals surface area contributed by atoms with E-state index in [1.165, 1.54) is 19.3 Å². The van der Waals surface area contributed by atoms with Crippen LogP contribution in [0.3, 0.4) is 0 Å². The van der Waals surface area contributed by atoms with Crippen LogP contribution in [0.5, 0.6) is 0 Å². The smallest absolute Gasteiger partial charge is 0.436 e. The molecule has 0 radical (unpaired) electrons. The summed E-state index contributed by atoms with van der Waals surface area (Å²) in [7, 11) is 0. The van der Waals surface area contributed by atoms with Gasteiger partial charge in [0.25, 0.3) is 11.8 Å².